The van der Waals surface area contributed by atoms with Gasteiger partial charge in [0.15, 0.2) is 0 Å². The van der Waals surface area contributed by atoms with E-state index in [1.54, 1.807) is 24.3 Å². The third-order valence-corrected chi connectivity index (χ3v) is 4.15. The third kappa shape index (κ3) is 2.20. The summed E-state index contributed by atoms with van der Waals surface area (Å²) in [5.74, 6) is 0.682. The maximum Gasteiger partial charge on any atom is 0.251 e. The van der Waals surface area contributed by atoms with Crippen molar-refractivity contribution in [3.63, 3.8) is 0 Å². The van der Waals surface area contributed by atoms with Crippen molar-refractivity contribution in [1.29, 1.82) is 0 Å². The number of nitrogens with one attached hydrogen (secondary N) is 1. The first-order valence-electron chi connectivity index (χ1n) is 6.61. The molecule has 96 valence electrons. The monoisotopic (exact) mass is 245 g/mol. The van der Waals surface area contributed by atoms with Crippen LogP contribution in [0.5, 0.6) is 0 Å². The van der Waals surface area contributed by atoms with E-state index >= 15 is 0 Å². The van der Waals surface area contributed by atoms with Gasteiger partial charge in [-0.15, -0.1) is 0 Å². The van der Waals surface area contributed by atoms with E-state index in [1.165, 1.54) is 25.9 Å². The second kappa shape index (κ2) is 4.61. The first kappa shape index (κ1) is 11.5. The Bertz CT molecular complexity index is 435. The molecule has 1 amide bonds. The minimum atomic E-state index is 0.0220. The average molecular weight is 245 g/mol. The second-order valence-electron chi connectivity index (χ2n) is 5.34. The van der Waals surface area contributed by atoms with Crippen molar-refractivity contribution in [3.05, 3.63) is 29.8 Å². The number of fused-ring (bicyclic) bond motifs is 3. The van der Waals surface area contributed by atoms with Gasteiger partial charge in [0, 0.05) is 23.8 Å². The zero-order valence-corrected chi connectivity index (χ0v) is 10.4. The maximum absolute atomic E-state index is 12.1. The molecule has 1 aromatic rings. The Balaban J connectivity index is 1.66. The Kier molecular flexibility index (Phi) is 2.96. The second-order valence-corrected chi connectivity index (χ2v) is 5.34. The zero-order valence-electron chi connectivity index (χ0n) is 10.4. The van der Waals surface area contributed by atoms with Crippen molar-refractivity contribution >= 4 is 11.6 Å². The molecule has 1 atom stereocenters. The molecule has 0 aliphatic carbocycles. The molecular formula is C14H19N3O. The Labute approximate surface area is 107 Å². The Hall–Kier alpha value is -1.55. The first-order chi connectivity index (χ1) is 8.72. The van der Waals surface area contributed by atoms with E-state index in [0.29, 0.717) is 23.2 Å². The number of hydrogen-bond acceptors (Lipinski definition) is 3. The number of amides is 1. The highest BCUT2D eigenvalue weighted by Gasteiger charge is 2.34. The zero-order chi connectivity index (χ0) is 12.5. The quantitative estimate of drug-likeness (QED) is 0.767. The molecule has 18 heavy (non-hydrogen) atoms. The number of nitrogen functional groups attached to an aromatic ring is 1. The van der Waals surface area contributed by atoms with Crippen LogP contribution < -0.4 is 11.1 Å². The number of carbonyl (C=O) groups excluding carboxylic acids is 1. The maximum atomic E-state index is 12.1. The van der Waals surface area contributed by atoms with Crippen molar-refractivity contribution < 1.29 is 4.79 Å². The molecule has 0 saturated carbocycles. The van der Waals surface area contributed by atoms with Crippen LogP contribution in [0.4, 0.5) is 5.69 Å². The fourth-order valence-corrected chi connectivity index (χ4v) is 3.01. The van der Waals surface area contributed by atoms with Crippen LogP contribution in [0, 0.1) is 5.92 Å². The third-order valence-electron chi connectivity index (χ3n) is 4.15. The van der Waals surface area contributed by atoms with Gasteiger partial charge in [0.05, 0.1) is 0 Å². The van der Waals surface area contributed by atoms with Gasteiger partial charge in [-0.05, 0) is 56.1 Å². The number of carbonyl (C=O) groups is 1. The fraction of sp³-hybridized carbons (Fsp3) is 0.500. The lowest BCUT2D eigenvalue weighted by atomic mass is 9.84. The molecule has 0 unspecified atom stereocenters. The molecule has 0 radical (unpaired) electrons. The molecule has 4 rings (SSSR count). The summed E-state index contributed by atoms with van der Waals surface area (Å²) in [6.07, 6.45) is 2.43. The smallest absolute Gasteiger partial charge is 0.251 e. The van der Waals surface area contributed by atoms with Crippen LogP contribution in [0.2, 0.25) is 0 Å². The number of piperidine rings is 3. The van der Waals surface area contributed by atoms with Crippen LogP contribution in [0.1, 0.15) is 23.2 Å². The van der Waals surface area contributed by atoms with Gasteiger partial charge in [0.25, 0.3) is 5.91 Å². The molecule has 0 aromatic heterocycles. The van der Waals surface area contributed by atoms with Gasteiger partial charge in [0.1, 0.15) is 0 Å². The first-order valence-corrected chi connectivity index (χ1v) is 6.61. The Morgan fingerprint density at radius 3 is 2.44 bits per heavy atom. The van der Waals surface area contributed by atoms with E-state index in [1.807, 2.05) is 0 Å². The SMILES string of the molecule is Nc1ccc(C(=O)N[C@@H]2CN3CCC2CC3)cc1. The van der Waals surface area contributed by atoms with E-state index in [4.69, 9.17) is 5.73 Å². The van der Waals surface area contributed by atoms with E-state index in [9.17, 15) is 4.79 Å². The number of nitrogens with zero attached hydrogens (tertiary/aromatic N) is 1. The van der Waals surface area contributed by atoms with Crippen LogP contribution in [0.25, 0.3) is 0 Å². The van der Waals surface area contributed by atoms with Crippen LogP contribution in [-0.2, 0) is 0 Å². The number of rotatable bonds is 2. The summed E-state index contributed by atoms with van der Waals surface area (Å²) in [5, 5.41) is 3.16. The normalized spacial score (nSPS) is 30.1. The number of anilines is 1. The van der Waals surface area contributed by atoms with Crippen molar-refractivity contribution in [2.75, 3.05) is 25.4 Å². The number of hydrogen-bond donors (Lipinski definition) is 2. The Morgan fingerprint density at radius 2 is 1.89 bits per heavy atom. The molecule has 1 aromatic carbocycles. The van der Waals surface area contributed by atoms with Gasteiger partial charge in [-0.25, -0.2) is 0 Å². The number of nitrogens with two attached hydrogens (primary N) is 1. The van der Waals surface area contributed by atoms with E-state index < -0.39 is 0 Å². The van der Waals surface area contributed by atoms with Crippen molar-refractivity contribution in [1.82, 2.24) is 10.2 Å². The molecule has 3 aliphatic heterocycles. The van der Waals surface area contributed by atoms with Crippen LogP contribution >= 0.6 is 0 Å². The minimum absolute atomic E-state index is 0.0220. The van der Waals surface area contributed by atoms with Crippen LogP contribution in [0.15, 0.2) is 24.3 Å². The molecule has 4 heteroatoms. The highest BCUT2D eigenvalue weighted by atomic mass is 16.1. The minimum Gasteiger partial charge on any atom is -0.399 e. The summed E-state index contributed by atoms with van der Waals surface area (Å²) in [7, 11) is 0. The van der Waals surface area contributed by atoms with Crippen LogP contribution in [-0.4, -0.2) is 36.5 Å². The summed E-state index contributed by atoms with van der Waals surface area (Å²) < 4.78 is 0. The molecule has 3 heterocycles. The van der Waals surface area contributed by atoms with Gasteiger partial charge in [0.2, 0.25) is 0 Å². The van der Waals surface area contributed by atoms with Gasteiger partial charge in [-0.2, -0.15) is 0 Å². The van der Waals surface area contributed by atoms with E-state index in [0.717, 1.165) is 6.54 Å². The summed E-state index contributed by atoms with van der Waals surface area (Å²) in [6.45, 7) is 3.39. The highest BCUT2D eigenvalue weighted by Crippen LogP contribution is 2.27. The predicted molar refractivity (Wildman–Crippen MR) is 71.3 cm³/mol. The van der Waals surface area contributed by atoms with Gasteiger partial charge in [-0.3, -0.25) is 4.79 Å². The van der Waals surface area contributed by atoms with Crippen molar-refractivity contribution in [2.45, 2.75) is 18.9 Å². The molecule has 3 saturated heterocycles. The van der Waals surface area contributed by atoms with Gasteiger partial charge < -0.3 is 16.0 Å². The van der Waals surface area contributed by atoms with Crippen molar-refractivity contribution in [2.24, 2.45) is 5.92 Å². The van der Waals surface area contributed by atoms with Crippen molar-refractivity contribution in [3.8, 4) is 0 Å². The Morgan fingerprint density at radius 1 is 1.22 bits per heavy atom. The molecule has 3 N–H and O–H groups in total. The lowest BCUT2D eigenvalue weighted by Crippen LogP contribution is -2.57. The van der Waals surface area contributed by atoms with E-state index in [-0.39, 0.29) is 5.91 Å². The summed E-state index contributed by atoms with van der Waals surface area (Å²) in [4.78, 5) is 14.6. The molecule has 2 bridgehead atoms. The lowest BCUT2D eigenvalue weighted by Gasteiger charge is -2.44. The lowest BCUT2D eigenvalue weighted by molar-refractivity contribution is 0.0620. The fourth-order valence-electron chi connectivity index (χ4n) is 3.01. The standard InChI is InChI=1S/C14H19N3O/c15-12-3-1-11(2-4-12)14(18)16-13-9-17-7-5-10(13)6-8-17/h1-4,10,13H,5-9,15H2,(H,16,18)/t13-/m1/s1. The number of benzene rings is 1. The predicted octanol–water partition coefficient (Wildman–Crippen LogP) is 1.09. The summed E-state index contributed by atoms with van der Waals surface area (Å²) in [6, 6.07) is 7.42. The average Bonchev–Trinajstić information content (AvgIpc) is 2.41. The molecule has 3 fully saturated rings. The highest BCUT2D eigenvalue weighted by molar-refractivity contribution is 5.94. The molecule has 0 spiro atoms. The van der Waals surface area contributed by atoms with Crippen LogP contribution in [0.3, 0.4) is 0 Å². The summed E-state index contributed by atoms with van der Waals surface area (Å²) >= 11 is 0. The van der Waals surface area contributed by atoms with Gasteiger partial charge in [-0.1, -0.05) is 0 Å². The molecule has 4 nitrogen and oxygen atoms in total. The van der Waals surface area contributed by atoms with Gasteiger partial charge >= 0.3 is 0 Å². The topological polar surface area (TPSA) is 58.4 Å². The summed E-state index contributed by atoms with van der Waals surface area (Å²) in [5.41, 5.74) is 7.01. The molecule has 3 aliphatic rings. The molecular weight excluding hydrogens is 226 g/mol. The van der Waals surface area contributed by atoms with E-state index in [2.05, 4.69) is 10.2 Å². The largest absolute Gasteiger partial charge is 0.399 e.